The smallest absolute Gasteiger partial charge is 0.250 e. The Hall–Kier alpha value is -3.30. The molecule has 31 heavy (non-hydrogen) atoms. The standard InChI is InChI=1S/C21H21ClN8O/c1-15(19-23-24-20(31-19)16-6-5-7-17(22)14-16)28-10-12-29(13-11-28)21-25-26-27-30(21)18-8-3-2-4-9-18/h2-9,14-15H,10-13H2,1H3. The Morgan fingerprint density at radius 2 is 1.74 bits per heavy atom. The van der Waals surface area contributed by atoms with Crippen LogP contribution in [-0.4, -0.2) is 61.5 Å². The number of para-hydroxylation sites is 1. The van der Waals surface area contributed by atoms with Crippen molar-refractivity contribution in [2.75, 3.05) is 31.1 Å². The number of nitrogens with zero attached hydrogens (tertiary/aromatic N) is 8. The highest BCUT2D eigenvalue weighted by atomic mass is 35.5. The summed E-state index contributed by atoms with van der Waals surface area (Å²) in [6.07, 6.45) is 0. The van der Waals surface area contributed by atoms with Gasteiger partial charge in [0.25, 0.3) is 0 Å². The van der Waals surface area contributed by atoms with Crippen molar-refractivity contribution in [3.8, 4) is 17.1 Å². The lowest BCUT2D eigenvalue weighted by molar-refractivity contribution is 0.173. The van der Waals surface area contributed by atoms with Crippen LogP contribution in [0, 0.1) is 0 Å². The van der Waals surface area contributed by atoms with E-state index in [9.17, 15) is 0 Å². The molecule has 0 amide bonds. The molecule has 2 aromatic carbocycles. The number of hydrogen-bond acceptors (Lipinski definition) is 8. The largest absolute Gasteiger partial charge is 0.419 e. The van der Waals surface area contributed by atoms with Crippen LogP contribution in [0.25, 0.3) is 17.1 Å². The molecular weight excluding hydrogens is 416 g/mol. The molecule has 3 heterocycles. The van der Waals surface area contributed by atoms with Gasteiger partial charge in [0.2, 0.25) is 17.7 Å². The maximum Gasteiger partial charge on any atom is 0.250 e. The molecule has 0 spiro atoms. The van der Waals surface area contributed by atoms with Gasteiger partial charge in [-0.05, 0) is 47.7 Å². The molecule has 0 radical (unpaired) electrons. The number of tetrazole rings is 1. The summed E-state index contributed by atoms with van der Waals surface area (Å²) < 4.78 is 7.72. The lowest BCUT2D eigenvalue weighted by atomic mass is 10.2. The van der Waals surface area contributed by atoms with Crippen molar-refractivity contribution in [1.82, 2.24) is 35.3 Å². The van der Waals surface area contributed by atoms with Gasteiger partial charge < -0.3 is 9.32 Å². The molecule has 1 aliphatic rings. The highest BCUT2D eigenvalue weighted by molar-refractivity contribution is 6.30. The van der Waals surface area contributed by atoms with E-state index in [0.29, 0.717) is 16.8 Å². The van der Waals surface area contributed by atoms with E-state index in [1.807, 2.05) is 54.6 Å². The Morgan fingerprint density at radius 1 is 0.935 bits per heavy atom. The SMILES string of the molecule is CC(c1nnc(-c2cccc(Cl)c2)o1)N1CCN(c2nnnn2-c2ccccc2)CC1. The molecule has 5 rings (SSSR count). The van der Waals surface area contributed by atoms with Gasteiger partial charge in [0.15, 0.2) is 0 Å². The molecule has 1 atom stereocenters. The first-order valence-corrected chi connectivity index (χ1v) is 10.5. The molecule has 10 heteroatoms. The predicted octanol–water partition coefficient (Wildman–Crippen LogP) is 3.25. The Bertz CT molecular complexity index is 1150. The third-order valence-electron chi connectivity index (χ3n) is 5.47. The van der Waals surface area contributed by atoms with Crippen LogP contribution in [0.15, 0.2) is 59.0 Å². The predicted molar refractivity (Wildman–Crippen MR) is 116 cm³/mol. The summed E-state index contributed by atoms with van der Waals surface area (Å²) in [5, 5.41) is 21.4. The first kappa shape index (κ1) is 19.7. The van der Waals surface area contributed by atoms with Gasteiger partial charge in [-0.15, -0.1) is 10.2 Å². The first-order valence-electron chi connectivity index (χ1n) is 10.1. The summed E-state index contributed by atoms with van der Waals surface area (Å²) in [5.41, 5.74) is 1.76. The molecule has 1 unspecified atom stereocenters. The Morgan fingerprint density at radius 3 is 2.52 bits per heavy atom. The minimum absolute atomic E-state index is 0.00713. The second-order valence-electron chi connectivity index (χ2n) is 7.38. The molecule has 2 aromatic heterocycles. The molecule has 9 nitrogen and oxygen atoms in total. The summed E-state index contributed by atoms with van der Waals surface area (Å²) in [6.45, 7) is 5.34. The van der Waals surface area contributed by atoms with Crippen LogP contribution in [0.5, 0.6) is 0 Å². The second-order valence-corrected chi connectivity index (χ2v) is 7.82. The van der Waals surface area contributed by atoms with Crippen LogP contribution in [-0.2, 0) is 0 Å². The number of anilines is 1. The molecule has 0 bridgehead atoms. The van der Waals surface area contributed by atoms with Crippen molar-refractivity contribution in [3.05, 3.63) is 65.5 Å². The quantitative estimate of drug-likeness (QED) is 0.471. The second kappa shape index (κ2) is 8.44. The van der Waals surface area contributed by atoms with Gasteiger partial charge in [0.1, 0.15) is 0 Å². The van der Waals surface area contributed by atoms with Crippen molar-refractivity contribution >= 4 is 17.5 Å². The number of benzene rings is 2. The fourth-order valence-electron chi connectivity index (χ4n) is 3.72. The minimum atomic E-state index is 0.00713. The third kappa shape index (κ3) is 4.01. The van der Waals surface area contributed by atoms with Crippen LogP contribution >= 0.6 is 11.6 Å². The van der Waals surface area contributed by atoms with Gasteiger partial charge in [-0.1, -0.05) is 41.0 Å². The topological polar surface area (TPSA) is 89.0 Å². The van der Waals surface area contributed by atoms with Crippen LogP contribution in [0.2, 0.25) is 5.02 Å². The van der Waals surface area contributed by atoms with Gasteiger partial charge in [0, 0.05) is 36.8 Å². The van der Waals surface area contributed by atoms with E-state index in [1.165, 1.54) is 0 Å². The molecular formula is C21H21ClN8O. The van der Waals surface area contributed by atoms with Gasteiger partial charge in [-0.3, -0.25) is 4.90 Å². The maximum atomic E-state index is 6.07. The fourth-order valence-corrected chi connectivity index (χ4v) is 3.91. The number of aromatic nitrogens is 6. The third-order valence-corrected chi connectivity index (χ3v) is 5.70. The zero-order chi connectivity index (χ0) is 21.2. The van der Waals surface area contributed by atoms with E-state index < -0.39 is 0 Å². The van der Waals surface area contributed by atoms with E-state index in [4.69, 9.17) is 16.0 Å². The summed E-state index contributed by atoms with van der Waals surface area (Å²) in [6, 6.07) is 17.3. The summed E-state index contributed by atoms with van der Waals surface area (Å²) >= 11 is 6.07. The van der Waals surface area contributed by atoms with E-state index in [0.717, 1.165) is 43.4 Å². The van der Waals surface area contributed by atoms with E-state index in [1.54, 1.807) is 4.68 Å². The highest BCUT2D eigenvalue weighted by Gasteiger charge is 2.28. The fraction of sp³-hybridized carbons (Fsp3) is 0.286. The molecule has 0 saturated carbocycles. The van der Waals surface area contributed by atoms with Crippen molar-refractivity contribution in [3.63, 3.8) is 0 Å². The molecule has 0 N–H and O–H groups in total. The summed E-state index contributed by atoms with van der Waals surface area (Å²) in [7, 11) is 0. The molecule has 1 aliphatic heterocycles. The van der Waals surface area contributed by atoms with Gasteiger partial charge in [-0.25, -0.2) is 0 Å². The molecule has 0 aliphatic carbocycles. The average Bonchev–Trinajstić information content (AvgIpc) is 3.50. The molecule has 4 aromatic rings. The highest BCUT2D eigenvalue weighted by Crippen LogP contribution is 2.27. The zero-order valence-electron chi connectivity index (χ0n) is 17.0. The van der Waals surface area contributed by atoms with Gasteiger partial charge >= 0.3 is 0 Å². The van der Waals surface area contributed by atoms with Crippen LogP contribution in [0.3, 0.4) is 0 Å². The van der Waals surface area contributed by atoms with E-state index in [-0.39, 0.29) is 6.04 Å². The lowest BCUT2D eigenvalue weighted by Gasteiger charge is -2.36. The monoisotopic (exact) mass is 436 g/mol. The van der Waals surface area contributed by atoms with Crippen LogP contribution in [0.4, 0.5) is 5.95 Å². The Labute approximate surface area is 184 Å². The lowest BCUT2D eigenvalue weighted by Crippen LogP contribution is -2.48. The first-order chi connectivity index (χ1) is 15.2. The van der Waals surface area contributed by atoms with Gasteiger partial charge in [0.05, 0.1) is 11.7 Å². The van der Waals surface area contributed by atoms with Crippen molar-refractivity contribution < 1.29 is 4.42 Å². The zero-order valence-corrected chi connectivity index (χ0v) is 17.7. The van der Waals surface area contributed by atoms with Crippen LogP contribution in [0.1, 0.15) is 18.9 Å². The van der Waals surface area contributed by atoms with Gasteiger partial charge in [-0.2, -0.15) is 4.68 Å². The molecule has 158 valence electrons. The normalized spacial score (nSPS) is 15.9. The van der Waals surface area contributed by atoms with Crippen LogP contribution < -0.4 is 4.90 Å². The Kier molecular flexibility index (Phi) is 5.35. The number of rotatable bonds is 5. The van der Waals surface area contributed by atoms with E-state index >= 15 is 0 Å². The minimum Gasteiger partial charge on any atom is -0.419 e. The Balaban J connectivity index is 1.26. The van der Waals surface area contributed by atoms with E-state index in [2.05, 4.69) is 42.4 Å². The van der Waals surface area contributed by atoms with Crippen molar-refractivity contribution in [1.29, 1.82) is 0 Å². The summed E-state index contributed by atoms with van der Waals surface area (Å²) in [5.74, 6) is 1.82. The molecule has 1 fully saturated rings. The summed E-state index contributed by atoms with van der Waals surface area (Å²) in [4.78, 5) is 4.52. The number of piperazine rings is 1. The van der Waals surface area contributed by atoms with Crippen molar-refractivity contribution in [2.45, 2.75) is 13.0 Å². The number of halogens is 1. The van der Waals surface area contributed by atoms with Crippen molar-refractivity contribution in [2.24, 2.45) is 0 Å². The number of hydrogen-bond donors (Lipinski definition) is 0. The average molecular weight is 437 g/mol. The molecule has 1 saturated heterocycles. The maximum absolute atomic E-state index is 6.07.